The van der Waals surface area contributed by atoms with Crippen molar-refractivity contribution in [3.63, 3.8) is 0 Å². The average Bonchev–Trinajstić information content (AvgIpc) is 2.84. The molecule has 6 heteroatoms. The third-order valence-corrected chi connectivity index (χ3v) is 5.53. The second-order valence-electron chi connectivity index (χ2n) is 8.61. The second kappa shape index (κ2) is 11.5. The number of ether oxygens (including phenoxy) is 2. The number of hydrogen-bond donors (Lipinski definition) is 1. The van der Waals surface area contributed by atoms with Gasteiger partial charge in [-0.15, -0.1) is 0 Å². The number of halogens is 1. The number of para-hydroxylation sites is 2. The molecule has 0 aliphatic rings. The highest BCUT2D eigenvalue weighted by atomic mass is 19.1. The largest absolute Gasteiger partial charge is 0.496 e. The van der Waals surface area contributed by atoms with Crippen LogP contribution < -0.4 is 15.2 Å². The molecule has 0 saturated heterocycles. The van der Waals surface area contributed by atoms with Crippen LogP contribution in [0.2, 0.25) is 0 Å². The van der Waals surface area contributed by atoms with Crippen molar-refractivity contribution in [2.75, 3.05) is 20.0 Å². The van der Waals surface area contributed by atoms with E-state index in [4.69, 9.17) is 15.2 Å². The molecule has 0 atom stereocenters. The van der Waals surface area contributed by atoms with Crippen LogP contribution in [-0.2, 0) is 5.41 Å². The Hall–Kier alpha value is -3.67. The number of nitrogen functional groups attached to an aromatic ring is 1. The first-order valence-electron chi connectivity index (χ1n) is 10.9. The monoisotopic (exact) mass is 465 g/mol. The number of ketones is 2. The fraction of sp³-hybridized carbons (Fsp3) is 0.286. The molecule has 0 aromatic heterocycles. The van der Waals surface area contributed by atoms with Gasteiger partial charge in [-0.2, -0.15) is 0 Å². The zero-order chi connectivity index (χ0) is 25.5. The van der Waals surface area contributed by atoms with E-state index in [1.165, 1.54) is 19.2 Å². The molecule has 0 saturated carbocycles. The van der Waals surface area contributed by atoms with Crippen molar-refractivity contribution in [1.82, 2.24) is 0 Å². The van der Waals surface area contributed by atoms with Crippen molar-refractivity contribution in [2.24, 2.45) is 5.92 Å². The van der Waals surface area contributed by atoms with E-state index in [1.807, 2.05) is 26.0 Å². The summed E-state index contributed by atoms with van der Waals surface area (Å²) in [4.78, 5) is 24.5. The van der Waals surface area contributed by atoms with Gasteiger partial charge < -0.3 is 15.2 Å². The number of Topliss-reactive ketones (excluding diaryl/α,β-unsaturated/α-hetero) is 2. The number of hydrogen-bond acceptors (Lipinski definition) is 5. The minimum absolute atomic E-state index is 0.0105. The fourth-order valence-electron chi connectivity index (χ4n) is 3.39. The summed E-state index contributed by atoms with van der Waals surface area (Å²) in [6.07, 6.45) is 0. The first kappa shape index (κ1) is 26.6. The molecular weight excluding hydrogens is 433 g/mol. The lowest BCUT2D eigenvalue weighted by atomic mass is 9.77. The van der Waals surface area contributed by atoms with Gasteiger partial charge in [-0.3, -0.25) is 9.59 Å². The minimum Gasteiger partial charge on any atom is -0.496 e. The van der Waals surface area contributed by atoms with E-state index in [2.05, 4.69) is 0 Å². The summed E-state index contributed by atoms with van der Waals surface area (Å²) in [5.41, 5.74) is 6.62. The number of nitrogens with two attached hydrogens (primary N) is 1. The summed E-state index contributed by atoms with van der Waals surface area (Å²) in [6.45, 7) is 7.34. The molecule has 0 amide bonds. The molecule has 2 N–H and O–H groups in total. The Morgan fingerprint density at radius 3 is 1.85 bits per heavy atom. The Bertz CT molecular complexity index is 1150. The van der Waals surface area contributed by atoms with E-state index in [9.17, 15) is 14.0 Å². The number of anilines is 1. The summed E-state index contributed by atoms with van der Waals surface area (Å²) < 4.78 is 23.6. The van der Waals surface area contributed by atoms with Crippen LogP contribution in [0.25, 0.3) is 0 Å². The highest BCUT2D eigenvalue weighted by molar-refractivity contribution is 6.05. The quantitative estimate of drug-likeness (QED) is 0.336. The van der Waals surface area contributed by atoms with Crippen LogP contribution in [-0.4, -0.2) is 25.8 Å². The molecule has 34 heavy (non-hydrogen) atoms. The molecule has 0 aliphatic heterocycles. The Kier molecular flexibility index (Phi) is 8.96. The van der Waals surface area contributed by atoms with Gasteiger partial charge in [0.1, 0.15) is 17.3 Å². The summed E-state index contributed by atoms with van der Waals surface area (Å²) in [5.74, 6) is 0.714. The molecule has 0 unspecified atom stereocenters. The van der Waals surface area contributed by atoms with Gasteiger partial charge in [-0.05, 0) is 55.8 Å². The molecule has 180 valence electrons. The second-order valence-corrected chi connectivity index (χ2v) is 8.61. The molecule has 0 heterocycles. The molecule has 0 radical (unpaired) electrons. The lowest BCUT2D eigenvalue weighted by Crippen LogP contribution is -2.29. The van der Waals surface area contributed by atoms with Crippen molar-refractivity contribution in [3.8, 4) is 11.5 Å². The summed E-state index contributed by atoms with van der Waals surface area (Å²) in [5, 5.41) is 0. The molecule has 0 spiro atoms. The lowest BCUT2D eigenvalue weighted by Gasteiger charge is -2.25. The zero-order valence-corrected chi connectivity index (χ0v) is 20.5. The third-order valence-electron chi connectivity index (χ3n) is 5.53. The van der Waals surface area contributed by atoms with Gasteiger partial charge in [0.05, 0.1) is 36.4 Å². The summed E-state index contributed by atoms with van der Waals surface area (Å²) in [7, 11) is 3.10. The maximum absolute atomic E-state index is 13.3. The van der Waals surface area contributed by atoms with Gasteiger partial charge in [-0.25, -0.2) is 4.39 Å². The highest BCUT2D eigenvalue weighted by Gasteiger charge is 2.32. The van der Waals surface area contributed by atoms with Gasteiger partial charge in [0, 0.05) is 5.92 Å². The first-order chi connectivity index (χ1) is 16.0. The molecule has 0 aliphatic carbocycles. The Balaban J connectivity index is 0.000000270. The van der Waals surface area contributed by atoms with Crippen molar-refractivity contribution in [3.05, 3.63) is 89.2 Å². The molecule has 3 rings (SSSR count). The molecular formula is C28H32FNO4. The van der Waals surface area contributed by atoms with E-state index < -0.39 is 11.2 Å². The molecule has 3 aromatic rings. The van der Waals surface area contributed by atoms with Gasteiger partial charge in [-0.1, -0.05) is 44.2 Å². The van der Waals surface area contributed by atoms with Crippen LogP contribution in [0.4, 0.5) is 10.1 Å². The van der Waals surface area contributed by atoms with Gasteiger partial charge in [0.2, 0.25) is 0 Å². The topological polar surface area (TPSA) is 78.6 Å². The Morgan fingerprint density at radius 2 is 1.35 bits per heavy atom. The maximum Gasteiger partial charge on any atom is 0.176 e. The van der Waals surface area contributed by atoms with Gasteiger partial charge in [0.15, 0.2) is 11.6 Å². The predicted octanol–water partition coefficient (Wildman–Crippen LogP) is 6.11. The van der Waals surface area contributed by atoms with Crippen LogP contribution in [0.1, 0.15) is 54.0 Å². The van der Waals surface area contributed by atoms with Gasteiger partial charge in [0.25, 0.3) is 0 Å². The highest BCUT2D eigenvalue weighted by Crippen LogP contribution is 2.32. The van der Waals surface area contributed by atoms with Crippen LogP contribution in [0.3, 0.4) is 0 Å². The van der Waals surface area contributed by atoms with Crippen molar-refractivity contribution < 1.29 is 23.5 Å². The SMILES string of the molecule is COc1ccccc1C(=O)C(C)(C)c1ccc(F)c(N)c1.COc1ccccc1C(=O)C(C)C. The summed E-state index contributed by atoms with van der Waals surface area (Å²) >= 11 is 0. The van der Waals surface area contributed by atoms with E-state index >= 15 is 0 Å². The zero-order valence-electron chi connectivity index (χ0n) is 20.5. The Labute approximate surface area is 200 Å². The van der Waals surface area contributed by atoms with Crippen LogP contribution in [0, 0.1) is 11.7 Å². The number of benzene rings is 3. The van der Waals surface area contributed by atoms with E-state index in [-0.39, 0.29) is 23.2 Å². The third kappa shape index (κ3) is 6.01. The number of methoxy groups -OCH3 is 2. The van der Waals surface area contributed by atoms with E-state index in [0.29, 0.717) is 28.2 Å². The van der Waals surface area contributed by atoms with Crippen LogP contribution in [0.15, 0.2) is 66.7 Å². The lowest BCUT2D eigenvalue weighted by molar-refractivity contribution is 0.0904. The predicted molar refractivity (Wildman–Crippen MR) is 133 cm³/mol. The minimum atomic E-state index is -0.837. The summed E-state index contributed by atoms with van der Waals surface area (Å²) in [6, 6.07) is 18.7. The van der Waals surface area contributed by atoms with Crippen molar-refractivity contribution in [1.29, 1.82) is 0 Å². The van der Waals surface area contributed by atoms with E-state index in [1.54, 1.807) is 63.4 Å². The number of carbonyl (C=O) groups excluding carboxylic acids is 2. The maximum atomic E-state index is 13.3. The molecule has 0 fully saturated rings. The fourth-order valence-corrected chi connectivity index (χ4v) is 3.39. The standard InChI is InChI=1S/C17H18FNO2.C11H14O2/c1-17(2,11-8-9-13(18)14(19)10-11)16(20)12-6-4-5-7-15(12)21-3;1-8(2)11(12)9-6-4-5-7-10(9)13-3/h4-10H,19H2,1-3H3;4-8H,1-3H3. The van der Waals surface area contributed by atoms with Crippen LogP contribution in [0.5, 0.6) is 11.5 Å². The van der Waals surface area contributed by atoms with Crippen molar-refractivity contribution in [2.45, 2.75) is 33.1 Å². The smallest absolute Gasteiger partial charge is 0.176 e. The van der Waals surface area contributed by atoms with E-state index in [0.717, 1.165) is 0 Å². The van der Waals surface area contributed by atoms with Crippen molar-refractivity contribution >= 4 is 17.3 Å². The Morgan fingerprint density at radius 1 is 0.853 bits per heavy atom. The number of carbonyl (C=O) groups is 2. The normalized spacial score (nSPS) is 10.8. The first-order valence-corrected chi connectivity index (χ1v) is 10.9. The van der Waals surface area contributed by atoms with Crippen LogP contribution >= 0.6 is 0 Å². The molecule has 3 aromatic carbocycles. The number of rotatable bonds is 7. The molecule has 5 nitrogen and oxygen atoms in total. The molecule has 0 bridgehead atoms. The van der Waals surface area contributed by atoms with Gasteiger partial charge >= 0.3 is 0 Å². The average molecular weight is 466 g/mol.